The van der Waals surface area contributed by atoms with Gasteiger partial charge in [0.25, 0.3) is 0 Å². The summed E-state index contributed by atoms with van der Waals surface area (Å²) < 4.78 is 19.1. The molecule has 0 spiro atoms. The van der Waals surface area contributed by atoms with Crippen LogP contribution in [0.3, 0.4) is 0 Å². The molecule has 0 bridgehead atoms. The normalized spacial score (nSPS) is 18.0. The van der Waals surface area contributed by atoms with Gasteiger partial charge < -0.3 is 20.3 Å². The fourth-order valence-electron chi connectivity index (χ4n) is 2.94. The summed E-state index contributed by atoms with van der Waals surface area (Å²) in [6.45, 7) is 5.95. The van der Waals surface area contributed by atoms with Gasteiger partial charge in [-0.3, -0.25) is 4.99 Å². The molecule has 1 atom stereocenters. The van der Waals surface area contributed by atoms with Gasteiger partial charge >= 0.3 is 0 Å². The van der Waals surface area contributed by atoms with Crippen molar-refractivity contribution in [2.45, 2.75) is 32.3 Å². The lowest BCUT2D eigenvalue weighted by Crippen LogP contribution is -2.45. The number of hydrogen-bond acceptors (Lipinski definition) is 3. The van der Waals surface area contributed by atoms with Gasteiger partial charge in [-0.05, 0) is 57.5 Å². The molecule has 25 heavy (non-hydrogen) atoms. The average molecular weight is 350 g/mol. The van der Waals surface area contributed by atoms with Gasteiger partial charge in [0.15, 0.2) is 5.96 Å². The van der Waals surface area contributed by atoms with Crippen LogP contribution in [0.25, 0.3) is 0 Å². The Kier molecular flexibility index (Phi) is 7.98. The Bertz CT molecular complexity index is 544. The number of guanidine groups is 1. The van der Waals surface area contributed by atoms with Crippen molar-refractivity contribution in [3.63, 3.8) is 0 Å². The maximum Gasteiger partial charge on any atom is 0.191 e. The molecule has 1 aliphatic rings. The maximum atomic E-state index is 13.3. The molecule has 0 amide bonds. The van der Waals surface area contributed by atoms with E-state index in [1.807, 2.05) is 0 Å². The first-order valence-corrected chi connectivity index (χ1v) is 9.16. The summed E-state index contributed by atoms with van der Waals surface area (Å²) in [4.78, 5) is 6.66. The van der Waals surface area contributed by atoms with Crippen molar-refractivity contribution in [3.05, 3.63) is 30.1 Å². The number of rotatable bonds is 7. The van der Waals surface area contributed by atoms with Crippen LogP contribution in [-0.2, 0) is 0 Å². The molecular formula is C19H31FN4O. The van der Waals surface area contributed by atoms with Crippen LogP contribution in [0, 0.1) is 11.7 Å². The van der Waals surface area contributed by atoms with Crippen LogP contribution in [0.5, 0.6) is 5.75 Å². The highest BCUT2D eigenvalue weighted by Gasteiger charge is 2.17. The molecular weight excluding hydrogens is 319 g/mol. The third-order valence-corrected chi connectivity index (χ3v) is 4.67. The lowest BCUT2D eigenvalue weighted by molar-refractivity contribution is 0.198. The smallest absolute Gasteiger partial charge is 0.191 e. The van der Waals surface area contributed by atoms with Crippen LogP contribution in [0.15, 0.2) is 29.3 Å². The van der Waals surface area contributed by atoms with Crippen molar-refractivity contribution in [1.82, 2.24) is 15.5 Å². The van der Waals surface area contributed by atoms with Crippen molar-refractivity contribution in [1.29, 1.82) is 0 Å². The lowest BCUT2D eigenvalue weighted by atomic mass is 9.97. The van der Waals surface area contributed by atoms with E-state index in [9.17, 15) is 4.39 Å². The van der Waals surface area contributed by atoms with E-state index in [0.29, 0.717) is 18.2 Å². The van der Waals surface area contributed by atoms with E-state index >= 15 is 0 Å². The predicted octanol–water partition coefficient (Wildman–Crippen LogP) is 2.49. The molecule has 1 heterocycles. The second-order valence-electron chi connectivity index (χ2n) is 6.69. The summed E-state index contributed by atoms with van der Waals surface area (Å²) in [5, 5.41) is 6.72. The molecule has 1 aromatic carbocycles. The van der Waals surface area contributed by atoms with Gasteiger partial charge in [0.2, 0.25) is 0 Å². The minimum Gasteiger partial charge on any atom is -0.489 e. The molecule has 1 aromatic rings. The fourth-order valence-corrected chi connectivity index (χ4v) is 2.94. The zero-order valence-corrected chi connectivity index (χ0v) is 15.6. The van der Waals surface area contributed by atoms with E-state index in [1.54, 1.807) is 19.2 Å². The van der Waals surface area contributed by atoms with E-state index in [1.165, 1.54) is 25.0 Å². The van der Waals surface area contributed by atoms with Crippen LogP contribution in [0.4, 0.5) is 4.39 Å². The highest BCUT2D eigenvalue weighted by molar-refractivity contribution is 5.79. The van der Waals surface area contributed by atoms with E-state index in [-0.39, 0.29) is 11.9 Å². The molecule has 0 saturated carbocycles. The third-order valence-electron chi connectivity index (χ3n) is 4.67. The van der Waals surface area contributed by atoms with Gasteiger partial charge in [-0.25, -0.2) is 4.39 Å². The van der Waals surface area contributed by atoms with Crippen molar-refractivity contribution < 1.29 is 9.13 Å². The van der Waals surface area contributed by atoms with Gasteiger partial charge in [0, 0.05) is 19.7 Å². The number of hydrogen-bond donors (Lipinski definition) is 2. The van der Waals surface area contributed by atoms with Gasteiger partial charge in [-0.15, -0.1) is 0 Å². The Morgan fingerprint density at radius 1 is 1.36 bits per heavy atom. The second kappa shape index (κ2) is 10.2. The molecule has 6 heteroatoms. The zero-order chi connectivity index (χ0) is 18.1. The number of nitrogens with zero attached hydrogens (tertiary/aromatic N) is 2. The SMILES string of the molecule is CCC(CNC(=NC)NCC1CCN(C)CC1)Oc1cccc(F)c1. The predicted molar refractivity (Wildman–Crippen MR) is 101 cm³/mol. The van der Waals surface area contributed by atoms with Crippen LogP contribution in [-0.4, -0.2) is 57.2 Å². The topological polar surface area (TPSA) is 48.9 Å². The molecule has 2 rings (SSSR count). The molecule has 0 radical (unpaired) electrons. The van der Waals surface area contributed by atoms with Crippen molar-refractivity contribution in [2.24, 2.45) is 10.9 Å². The quantitative estimate of drug-likeness (QED) is 0.586. The van der Waals surface area contributed by atoms with Crippen LogP contribution in [0.2, 0.25) is 0 Å². The standard InChI is InChI=1S/C19H31FN4O/c1-4-17(25-18-7-5-6-16(20)12-18)14-23-19(21-2)22-13-15-8-10-24(3)11-9-15/h5-7,12,15,17H,4,8-11,13-14H2,1-3H3,(H2,21,22,23). The second-order valence-corrected chi connectivity index (χ2v) is 6.69. The number of likely N-dealkylation sites (tertiary alicyclic amines) is 1. The molecule has 1 unspecified atom stereocenters. The Morgan fingerprint density at radius 2 is 2.12 bits per heavy atom. The minimum absolute atomic E-state index is 0.0383. The van der Waals surface area contributed by atoms with Crippen molar-refractivity contribution in [3.8, 4) is 5.75 Å². The molecule has 1 saturated heterocycles. The first-order chi connectivity index (χ1) is 12.1. The highest BCUT2D eigenvalue weighted by atomic mass is 19.1. The van der Waals surface area contributed by atoms with Gasteiger partial charge in [0.1, 0.15) is 17.7 Å². The van der Waals surface area contributed by atoms with Crippen LogP contribution < -0.4 is 15.4 Å². The first-order valence-electron chi connectivity index (χ1n) is 9.16. The summed E-state index contributed by atoms with van der Waals surface area (Å²) in [7, 11) is 3.95. The molecule has 140 valence electrons. The molecule has 0 aliphatic carbocycles. The number of benzene rings is 1. The molecule has 0 aromatic heterocycles. The Labute approximate surface area is 150 Å². The Morgan fingerprint density at radius 3 is 2.76 bits per heavy atom. The fraction of sp³-hybridized carbons (Fsp3) is 0.632. The first kappa shape index (κ1) is 19.5. The Balaban J connectivity index is 1.74. The highest BCUT2D eigenvalue weighted by Crippen LogP contribution is 2.15. The van der Waals surface area contributed by atoms with E-state index in [0.717, 1.165) is 32.0 Å². The largest absolute Gasteiger partial charge is 0.489 e. The van der Waals surface area contributed by atoms with Gasteiger partial charge in [0.05, 0.1) is 6.54 Å². The third kappa shape index (κ3) is 6.90. The van der Waals surface area contributed by atoms with E-state index in [2.05, 4.69) is 34.5 Å². The Hall–Kier alpha value is -1.82. The van der Waals surface area contributed by atoms with Gasteiger partial charge in [-0.1, -0.05) is 13.0 Å². The van der Waals surface area contributed by atoms with E-state index < -0.39 is 0 Å². The summed E-state index contributed by atoms with van der Waals surface area (Å²) in [6.07, 6.45) is 3.24. The number of nitrogens with one attached hydrogen (secondary N) is 2. The monoisotopic (exact) mass is 350 g/mol. The molecule has 5 nitrogen and oxygen atoms in total. The maximum absolute atomic E-state index is 13.3. The summed E-state index contributed by atoms with van der Waals surface area (Å²) in [5.74, 6) is 1.76. The zero-order valence-electron chi connectivity index (χ0n) is 15.6. The number of piperidine rings is 1. The van der Waals surface area contributed by atoms with Crippen LogP contribution in [0.1, 0.15) is 26.2 Å². The van der Waals surface area contributed by atoms with Crippen molar-refractivity contribution in [2.75, 3.05) is 40.3 Å². The van der Waals surface area contributed by atoms with E-state index in [4.69, 9.17) is 4.74 Å². The number of aliphatic imine (C=N–C) groups is 1. The van der Waals surface area contributed by atoms with Crippen molar-refractivity contribution >= 4 is 5.96 Å². The number of halogens is 1. The summed E-state index contributed by atoms with van der Waals surface area (Å²) >= 11 is 0. The van der Waals surface area contributed by atoms with Crippen LogP contribution >= 0.6 is 0 Å². The summed E-state index contributed by atoms with van der Waals surface area (Å²) in [6, 6.07) is 6.27. The average Bonchev–Trinajstić information content (AvgIpc) is 2.62. The molecule has 1 aliphatic heterocycles. The molecule has 2 N–H and O–H groups in total. The lowest BCUT2D eigenvalue weighted by Gasteiger charge is -2.29. The van der Waals surface area contributed by atoms with Gasteiger partial charge in [-0.2, -0.15) is 0 Å². The summed E-state index contributed by atoms with van der Waals surface area (Å²) in [5.41, 5.74) is 0. The number of ether oxygens (including phenoxy) is 1. The minimum atomic E-state index is -0.282. The molecule has 1 fully saturated rings.